The van der Waals surface area contributed by atoms with Crippen molar-refractivity contribution in [2.24, 2.45) is 5.92 Å². The van der Waals surface area contributed by atoms with E-state index in [9.17, 15) is 0 Å². The Morgan fingerprint density at radius 2 is 2.11 bits per heavy atom. The highest BCUT2D eigenvalue weighted by molar-refractivity contribution is 5.57. The van der Waals surface area contributed by atoms with Crippen molar-refractivity contribution in [3.63, 3.8) is 0 Å². The summed E-state index contributed by atoms with van der Waals surface area (Å²) in [6, 6.07) is 3.79. The Bertz CT molecular complexity index is 434. The van der Waals surface area contributed by atoms with Gasteiger partial charge in [-0.3, -0.25) is 4.90 Å². The van der Waals surface area contributed by atoms with Gasteiger partial charge in [0.05, 0.1) is 14.2 Å². The van der Waals surface area contributed by atoms with E-state index in [1.54, 1.807) is 20.3 Å². The number of rotatable bonds is 4. The Balaban J connectivity index is 2.20. The second kappa shape index (κ2) is 6.15. The van der Waals surface area contributed by atoms with E-state index in [4.69, 9.17) is 15.2 Å². The molecule has 2 N–H and O–H groups in total. The van der Waals surface area contributed by atoms with Crippen molar-refractivity contribution < 1.29 is 9.47 Å². The predicted molar refractivity (Wildman–Crippen MR) is 77.6 cm³/mol. The molecule has 4 nitrogen and oxygen atoms in total. The minimum absolute atomic E-state index is 0.711. The number of benzene rings is 1. The van der Waals surface area contributed by atoms with Crippen molar-refractivity contribution in [1.82, 2.24) is 4.90 Å². The van der Waals surface area contributed by atoms with Crippen molar-refractivity contribution in [3.05, 3.63) is 17.7 Å². The van der Waals surface area contributed by atoms with Crippen LogP contribution in [-0.2, 0) is 6.54 Å². The van der Waals surface area contributed by atoms with Crippen molar-refractivity contribution >= 4 is 5.69 Å². The Morgan fingerprint density at radius 1 is 1.32 bits per heavy atom. The maximum atomic E-state index is 5.94. The van der Waals surface area contributed by atoms with Crippen LogP contribution in [0.3, 0.4) is 0 Å². The first kappa shape index (κ1) is 14.0. The van der Waals surface area contributed by atoms with E-state index in [-0.39, 0.29) is 0 Å². The van der Waals surface area contributed by atoms with Crippen molar-refractivity contribution in [2.75, 3.05) is 33.0 Å². The summed E-state index contributed by atoms with van der Waals surface area (Å²) in [5, 5.41) is 0. The molecule has 1 fully saturated rings. The monoisotopic (exact) mass is 264 g/mol. The second-order valence-corrected chi connectivity index (χ2v) is 5.40. The number of hydrogen-bond acceptors (Lipinski definition) is 4. The van der Waals surface area contributed by atoms with Gasteiger partial charge < -0.3 is 15.2 Å². The van der Waals surface area contributed by atoms with E-state index >= 15 is 0 Å². The average molecular weight is 264 g/mol. The molecule has 1 heterocycles. The van der Waals surface area contributed by atoms with Gasteiger partial charge in [0.1, 0.15) is 0 Å². The van der Waals surface area contributed by atoms with E-state index in [2.05, 4.69) is 11.8 Å². The number of hydrogen-bond donors (Lipinski definition) is 1. The molecule has 1 aliphatic heterocycles. The second-order valence-electron chi connectivity index (χ2n) is 5.40. The Morgan fingerprint density at radius 3 is 2.74 bits per heavy atom. The summed E-state index contributed by atoms with van der Waals surface area (Å²) in [4.78, 5) is 2.46. The van der Waals surface area contributed by atoms with Gasteiger partial charge in [-0.15, -0.1) is 0 Å². The van der Waals surface area contributed by atoms with Gasteiger partial charge in [-0.2, -0.15) is 0 Å². The Kier molecular flexibility index (Phi) is 4.53. The lowest BCUT2D eigenvalue weighted by Crippen LogP contribution is -2.33. The summed E-state index contributed by atoms with van der Waals surface area (Å²) in [7, 11) is 3.32. The van der Waals surface area contributed by atoms with Crippen LogP contribution in [0, 0.1) is 5.92 Å². The van der Waals surface area contributed by atoms with Crippen LogP contribution in [0.25, 0.3) is 0 Å². The van der Waals surface area contributed by atoms with Crippen LogP contribution < -0.4 is 15.2 Å². The minimum atomic E-state index is 0.711. The van der Waals surface area contributed by atoms with Crippen LogP contribution in [-0.4, -0.2) is 32.2 Å². The first-order valence-electron chi connectivity index (χ1n) is 6.86. The molecule has 4 heteroatoms. The predicted octanol–water partition coefficient (Wildman–Crippen LogP) is 2.52. The molecule has 0 radical (unpaired) electrons. The van der Waals surface area contributed by atoms with Crippen LogP contribution in [0.5, 0.6) is 11.5 Å². The highest BCUT2D eigenvalue weighted by Gasteiger charge is 2.19. The number of likely N-dealkylation sites (tertiary alicyclic amines) is 1. The van der Waals surface area contributed by atoms with Crippen LogP contribution in [0.1, 0.15) is 25.3 Å². The lowest BCUT2D eigenvalue weighted by molar-refractivity contribution is 0.174. The quantitative estimate of drug-likeness (QED) is 0.849. The van der Waals surface area contributed by atoms with Crippen LogP contribution in [0.4, 0.5) is 5.69 Å². The minimum Gasteiger partial charge on any atom is -0.493 e. The molecule has 0 aliphatic carbocycles. The molecular formula is C15H24N2O2. The van der Waals surface area contributed by atoms with Gasteiger partial charge >= 0.3 is 0 Å². The summed E-state index contributed by atoms with van der Waals surface area (Å²) < 4.78 is 10.8. The van der Waals surface area contributed by atoms with E-state index in [0.717, 1.165) is 42.6 Å². The lowest BCUT2D eigenvalue weighted by atomic mass is 9.99. The molecule has 1 aromatic rings. The van der Waals surface area contributed by atoms with Gasteiger partial charge in [-0.1, -0.05) is 6.92 Å². The largest absolute Gasteiger partial charge is 0.493 e. The maximum Gasteiger partial charge on any atom is 0.165 e. The first-order chi connectivity index (χ1) is 9.13. The topological polar surface area (TPSA) is 47.7 Å². The number of methoxy groups -OCH3 is 2. The molecule has 106 valence electrons. The van der Waals surface area contributed by atoms with E-state index in [0.29, 0.717) is 5.75 Å². The van der Waals surface area contributed by atoms with Gasteiger partial charge in [-0.25, -0.2) is 0 Å². The summed E-state index contributed by atoms with van der Waals surface area (Å²) >= 11 is 0. The number of ether oxygens (including phenoxy) is 2. The number of anilines is 1. The molecule has 1 aliphatic rings. The standard InChI is InChI=1S/C15H24N2O2/c1-11-5-4-6-17(9-11)10-12-7-13(16)8-14(18-2)15(12)19-3/h7-8,11H,4-6,9-10,16H2,1-3H3. The van der Waals surface area contributed by atoms with E-state index in [1.165, 1.54) is 12.8 Å². The SMILES string of the molecule is COc1cc(N)cc(CN2CCCC(C)C2)c1OC. The van der Waals surface area contributed by atoms with Crippen LogP contribution >= 0.6 is 0 Å². The fraction of sp³-hybridized carbons (Fsp3) is 0.600. The summed E-state index contributed by atoms with van der Waals surface area (Å²) in [6.45, 7) is 5.46. The number of nitrogen functional groups attached to an aromatic ring is 1. The molecule has 0 bridgehead atoms. The van der Waals surface area contributed by atoms with Gasteiger partial charge in [0.2, 0.25) is 0 Å². The fourth-order valence-corrected chi connectivity index (χ4v) is 2.86. The van der Waals surface area contributed by atoms with Crippen molar-refractivity contribution in [3.8, 4) is 11.5 Å². The molecule has 19 heavy (non-hydrogen) atoms. The lowest BCUT2D eigenvalue weighted by Gasteiger charge is -2.31. The molecule has 1 aromatic carbocycles. The molecular weight excluding hydrogens is 240 g/mol. The zero-order valence-corrected chi connectivity index (χ0v) is 12.1. The summed E-state index contributed by atoms with van der Waals surface area (Å²) in [5.41, 5.74) is 7.76. The molecule has 0 amide bonds. The van der Waals surface area contributed by atoms with Gasteiger partial charge in [0.15, 0.2) is 11.5 Å². The average Bonchev–Trinajstić information content (AvgIpc) is 2.38. The molecule has 0 aromatic heterocycles. The van der Waals surface area contributed by atoms with Gasteiger partial charge in [0, 0.05) is 30.4 Å². The molecule has 0 spiro atoms. The summed E-state index contributed by atoms with van der Waals surface area (Å²) in [6.07, 6.45) is 2.59. The third-order valence-corrected chi connectivity index (χ3v) is 3.71. The zero-order valence-electron chi connectivity index (χ0n) is 12.1. The fourth-order valence-electron chi connectivity index (χ4n) is 2.86. The van der Waals surface area contributed by atoms with Gasteiger partial charge in [-0.05, 0) is 31.4 Å². The molecule has 2 rings (SSSR count). The van der Waals surface area contributed by atoms with Crippen LogP contribution in [0.2, 0.25) is 0 Å². The van der Waals surface area contributed by atoms with E-state index < -0.39 is 0 Å². The first-order valence-corrected chi connectivity index (χ1v) is 6.86. The van der Waals surface area contributed by atoms with Crippen LogP contribution in [0.15, 0.2) is 12.1 Å². The Labute approximate surface area is 115 Å². The van der Waals surface area contributed by atoms with Crippen molar-refractivity contribution in [2.45, 2.75) is 26.3 Å². The number of nitrogens with two attached hydrogens (primary N) is 1. The highest BCUT2D eigenvalue weighted by Crippen LogP contribution is 2.34. The molecule has 1 saturated heterocycles. The van der Waals surface area contributed by atoms with E-state index in [1.807, 2.05) is 6.07 Å². The van der Waals surface area contributed by atoms with Gasteiger partial charge in [0.25, 0.3) is 0 Å². The molecule has 0 saturated carbocycles. The number of nitrogens with zero attached hydrogens (tertiary/aromatic N) is 1. The summed E-state index contributed by atoms with van der Waals surface area (Å²) in [5.74, 6) is 2.28. The van der Waals surface area contributed by atoms with Crippen molar-refractivity contribution in [1.29, 1.82) is 0 Å². The molecule has 1 atom stereocenters. The maximum absolute atomic E-state index is 5.94. The normalized spacial score (nSPS) is 20.3. The third kappa shape index (κ3) is 3.32. The third-order valence-electron chi connectivity index (χ3n) is 3.71. The molecule has 1 unspecified atom stereocenters. The number of piperidine rings is 1. The smallest absolute Gasteiger partial charge is 0.165 e. The zero-order chi connectivity index (χ0) is 13.8. The Hall–Kier alpha value is -1.42. The highest BCUT2D eigenvalue weighted by atomic mass is 16.5.